The number of sulfonamides is 1. The van der Waals surface area contributed by atoms with Crippen molar-refractivity contribution in [3.05, 3.63) is 58.9 Å². The van der Waals surface area contributed by atoms with Crippen molar-refractivity contribution in [2.24, 2.45) is 0 Å². The lowest BCUT2D eigenvalue weighted by Crippen LogP contribution is -2.40. The SMILES string of the molecule is O=S(=O)(c1cc(NCc2ccccc2F)ccc1Cl)N1CCOCC1. The largest absolute Gasteiger partial charge is 0.381 e. The average molecular weight is 385 g/mol. The maximum Gasteiger partial charge on any atom is 0.244 e. The molecule has 1 saturated heterocycles. The van der Waals surface area contributed by atoms with Gasteiger partial charge in [0.2, 0.25) is 10.0 Å². The highest BCUT2D eigenvalue weighted by Gasteiger charge is 2.28. The van der Waals surface area contributed by atoms with Gasteiger partial charge in [-0.15, -0.1) is 0 Å². The van der Waals surface area contributed by atoms with E-state index in [1.165, 1.54) is 22.5 Å². The first kappa shape index (κ1) is 18.1. The van der Waals surface area contributed by atoms with Crippen LogP contribution in [-0.4, -0.2) is 39.0 Å². The van der Waals surface area contributed by atoms with Gasteiger partial charge in [-0.2, -0.15) is 4.31 Å². The van der Waals surface area contributed by atoms with E-state index in [1.807, 2.05) is 0 Å². The second-order valence-electron chi connectivity index (χ2n) is 5.61. The molecule has 0 unspecified atom stereocenters. The topological polar surface area (TPSA) is 58.6 Å². The summed E-state index contributed by atoms with van der Waals surface area (Å²) in [5.74, 6) is -0.315. The molecule has 0 amide bonds. The quantitative estimate of drug-likeness (QED) is 0.860. The minimum Gasteiger partial charge on any atom is -0.381 e. The Morgan fingerprint density at radius 2 is 1.88 bits per heavy atom. The third-order valence-electron chi connectivity index (χ3n) is 3.96. The molecule has 0 spiro atoms. The molecular formula is C17H18ClFN2O3S. The Labute approximate surface area is 151 Å². The van der Waals surface area contributed by atoms with E-state index in [-0.39, 0.29) is 22.3 Å². The maximum absolute atomic E-state index is 13.7. The molecule has 0 saturated carbocycles. The van der Waals surface area contributed by atoms with Gasteiger partial charge < -0.3 is 10.1 Å². The summed E-state index contributed by atoms with van der Waals surface area (Å²) in [4.78, 5) is 0.0367. The van der Waals surface area contributed by atoms with Gasteiger partial charge in [0.25, 0.3) is 0 Å². The van der Waals surface area contributed by atoms with Crippen molar-refractivity contribution in [3.8, 4) is 0 Å². The van der Waals surface area contributed by atoms with Crippen molar-refractivity contribution < 1.29 is 17.5 Å². The van der Waals surface area contributed by atoms with Crippen LogP contribution in [0.2, 0.25) is 5.02 Å². The number of ether oxygens (including phenoxy) is 1. The molecule has 1 heterocycles. The van der Waals surface area contributed by atoms with E-state index in [4.69, 9.17) is 16.3 Å². The molecule has 1 N–H and O–H groups in total. The fourth-order valence-corrected chi connectivity index (χ4v) is 4.48. The molecule has 0 aliphatic carbocycles. The van der Waals surface area contributed by atoms with E-state index >= 15 is 0 Å². The summed E-state index contributed by atoms with van der Waals surface area (Å²) in [5.41, 5.74) is 1.05. The van der Waals surface area contributed by atoms with Gasteiger partial charge in [-0.05, 0) is 24.3 Å². The number of morpholine rings is 1. The van der Waals surface area contributed by atoms with Crippen molar-refractivity contribution in [1.82, 2.24) is 4.31 Å². The summed E-state index contributed by atoms with van der Waals surface area (Å²) in [5, 5.41) is 3.19. The van der Waals surface area contributed by atoms with Gasteiger partial charge in [0.05, 0.1) is 18.2 Å². The Bertz CT molecular complexity index is 855. The number of nitrogens with one attached hydrogen (secondary N) is 1. The third-order valence-corrected chi connectivity index (χ3v) is 6.34. The van der Waals surface area contributed by atoms with Gasteiger partial charge in [0.15, 0.2) is 0 Å². The zero-order valence-corrected chi connectivity index (χ0v) is 15.0. The van der Waals surface area contributed by atoms with Crippen molar-refractivity contribution >= 4 is 27.3 Å². The molecular weight excluding hydrogens is 367 g/mol. The first-order chi connectivity index (χ1) is 12.0. The first-order valence-corrected chi connectivity index (χ1v) is 9.65. The Morgan fingerprint density at radius 1 is 1.16 bits per heavy atom. The maximum atomic E-state index is 13.7. The van der Waals surface area contributed by atoms with Crippen molar-refractivity contribution in [2.45, 2.75) is 11.4 Å². The van der Waals surface area contributed by atoms with Crippen molar-refractivity contribution in [1.29, 1.82) is 0 Å². The Balaban J connectivity index is 1.82. The minimum atomic E-state index is -3.70. The van der Waals surface area contributed by atoms with E-state index in [1.54, 1.807) is 24.3 Å². The molecule has 134 valence electrons. The molecule has 1 aliphatic heterocycles. The molecule has 25 heavy (non-hydrogen) atoms. The highest BCUT2D eigenvalue weighted by atomic mass is 35.5. The van der Waals surface area contributed by atoms with Crippen LogP contribution in [0.25, 0.3) is 0 Å². The van der Waals surface area contributed by atoms with Crippen LogP contribution in [0, 0.1) is 5.82 Å². The standard InChI is InChI=1S/C17H18ClFN2O3S/c18-15-6-5-14(20-12-13-3-1-2-4-16(13)19)11-17(15)25(22,23)21-7-9-24-10-8-21/h1-6,11,20H,7-10,12H2. The second kappa shape index (κ2) is 7.70. The zero-order chi connectivity index (χ0) is 17.9. The number of hydrogen-bond donors (Lipinski definition) is 1. The van der Waals surface area contributed by atoms with E-state index in [0.29, 0.717) is 37.6 Å². The fraction of sp³-hybridized carbons (Fsp3) is 0.294. The van der Waals surface area contributed by atoms with Gasteiger partial charge in [-0.3, -0.25) is 0 Å². The molecule has 0 atom stereocenters. The van der Waals surface area contributed by atoms with Crippen LogP contribution in [0.15, 0.2) is 47.4 Å². The monoisotopic (exact) mass is 384 g/mol. The molecule has 8 heteroatoms. The molecule has 0 bridgehead atoms. The van der Waals surface area contributed by atoms with Gasteiger partial charge in [-0.1, -0.05) is 29.8 Å². The molecule has 2 aromatic carbocycles. The van der Waals surface area contributed by atoms with Crippen LogP contribution in [0.4, 0.5) is 10.1 Å². The number of anilines is 1. The minimum absolute atomic E-state index is 0.0367. The molecule has 3 rings (SSSR count). The molecule has 1 fully saturated rings. The molecule has 0 radical (unpaired) electrons. The van der Waals surface area contributed by atoms with Crippen molar-refractivity contribution in [2.75, 3.05) is 31.6 Å². The Hall–Kier alpha value is -1.67. The average Bonchev–Trinajstić information content (AvgIpc) is 2.63. The molecule has 0 aromatic heterocycles. The highest BCUT2D eigenvalue weighted by Crippen LogP contribution is 2.28. The lowest BCUT2D eigenvalue weighted by molar-refractivity contribution is 0.0730. The van der Waals surface area contributed by atoms with Gasteiger partial charge in [0, 0.05) is 30.9 Å². The number of halogens is 2. The number of benzene rings is 2. The van der Waals surface area contributed by atoms with Crippen LogP contribution in [0.1, 0.15) is 5.56 Å². The second-order valence-corrected chi connectivity index (χ2v) is 7.92. The summed E-state index contributed by atoms with van der Waals surface area (Å²) >= 11 is 6.12. The fourth-order valence-electron chi connectivity index (χ4n) is 2.58. The Morgan fingerprint density at radius 3 is 2.60 bits per heavy atom. The Kier molecular flexibility index (Phi) is 5.58. The number of nitrogens with zero attached hydrogens (tertiary/aromatic N) is 1. The first-order valence-electron chi connectivity index (χ1n) is 7.83. The highest BCUT2D eigenvalue weighted by molar-refractivity contribution is 7.89. The predicted molar refractivity (Wildman–Crippen MR) is 94.8 cm³/mol. The van der Waals surface area contributed by atoms with Crippen molar-refractivity contribution in [3.63, 3.8) is 0 Å². The van der Waals surface area contributed by atoms with E-state index in [9.17, 15) is 12.8 Å². The lowest BCUT2D eigenvalue weighted by atomic mass is 10.2. The van der Waals surface area contributed by atoms with E-state index < -0.39 is 10.0 Å². The molecule has 5 nitrogen and oxygen atoms in total. The number of rotatable bonds is 5. The summed E-state index contributed by atoms with van der Waals surface area (Å²) in [7, 11) is -3.70. The van der Waals surface area contributed by atoms with E-state index in [0.717, 1.165) is 0 Å². The van der Waals surface area contributed by atoms with Crippen LogP contribution < -0.4 is 5.32 Å². The molecule has 2 aromatic rings. The smallest absolute Gasteiger partial charge is 0.244 e. The van der Waals surface area contributed by atoms with Crippen LogP contribution >= 0.6 is 11.6 Å². The van der Waals surface area contributed by atoms with Crippen LogP contribution in [0.5, 0.6) is 0 Å². The van der Waals surface area contributed by atoms with E-state index in [2.05, 4.69) is 5.32 Å². The summed E-state index contributed by atoms with van der Waals surface area (Å²) in [6.07, 6.45) is 0. The number of hydrogen-bond acceptors (Lipinski definition) is 4. The summed E-state index contributed by atoms with van der Waals surface area (Å²) < 4.78 is 45.8. The zero-order valence-electron chi connectivity index (χ0n) is 13.4. The van der Waals surface area contributed by atoms with Gasteiger partial charge >= 0.3 is 0 Å². The lowest BCUT2D eigenvalue weighted by Gasteiger charge is -2.26. The molecule has 1 aliphatic rings. The summed E-state index contributed by atoms with van der Waals surface area (Å²) in [6, 6.07) is 11.1. The third kappa shape index (κ3) is 4.12. The predicted octanol–water partition coefficient (Wildman–Crippen LogP) is 3.11. The summed E-state index contributed by atoms with van der Waals surface area (Å²) in [6.45, 7) is 1.56. The van der Waals surface area contributed by atoms with Gasteiger partial charge in [0.1, 0.15) is 10.7 Å². The van der Waals surface area contributed by atoms with Gasteiger partial charge in [-0.25, -0.2) is 12.8 Å². The normalized spacial score (nSPS) is 15.9. The van der Waals surface area contributed by atoms with Crippen LogP contribution in [-0.2, 0) is 21.3 Å². The van der Waals surface area contributed by atoms with Crippen LogP contribution in [0.3, 0.4) is 0 Å².